The normalized spacial score (nSPS) is 19.0. The van der Waals surface area contributed by atoms with Gasteiger partial charge in [-0.3, -0.25) is 9.59 Å². The van der Waals surface area contributed by atoms with Gasteiger partial charge in [0.25, 0.3) is 11.5 Å². The zero-order valence-corrected chi connectivity index (χ0v) is 17.4. The maximum Gasteiger partial charge on any atom is 0.279 e. The van der Waals surface area contributed by atoms with Gasteiger partial charge in [0.2, 0.25) is 0 Å². The van der Waals surface area contributed by atoms with Crippen LogP contribution in [-0.4, -0.2) is 41.4 Å². The van der Waals surface area contributed by atoms with Crippen molar-refractivity contribution in [2.45, 2.75) is 38.6 Å². The quantitative estimate of drug-likeness (QED) is 0.616. The fourth-order valence-electron chi connectivity index (χ4n) is 4.33. The van der Waals surface area contributed by atoms with Crippen molar-refractivity contribution in [1.82, 2.24) is 15.1 Å². The minimum absolute atomic E-state index is 0.226. The number of quaternary nitrogens is 1. The molecule has 2 aromatic carbocycles. The van der Waals surface area contributed by atoms with Crippen molar-refractivity contribution < 1.29 is 9.69 Å². The first-order valence-electron chi connectivity index (χ1n) is 10.9. The number of para-hydroxylation sites is 1. The van der Waals surface area contributed by atoms with Gasteiger partial charge in [-0.1, -0.05) is 36.4 Å². The molecule has 156 valence electrons. The monoisotopic (exact) mass is 405 g/mol. The second-order valence-electron chi connectivity index (χ2n) is 8.11. The Kier molecular flexibility index (Phi) is 6.23. The molecule has 4 rings (SSSR count). The average molecular weight is 406 g/mol. The Bertz CT molecular complexity index is 1080. The third-order valence-electron chi connectivity index (χ3n) is 6.06. The van der Waals surface area contributed by atoms with Crippen LogP contribution in [0.5, 0.6) is 0 Å². The van der Waals surface area contributed by atoms with Gasteiger partial charge in [0.15, 0.2) is 5.69 Å². The van der Waals surface area contributed by atoms with Gasteiger partial charge in [0, 0.05) is 18.4 Å². The van der Waals surface area contributed by atoms with Crippen LogP contribution in [0.25, 0.3) is 16.5 Å². The molecule has 2 atom stereocenters. The number of piperidine rings is 1. The van der Waals surface area contributed by atoms with Crippen LogP contribution in [0.4, 0.5) is 0 Å². The standard InChI is InChI=1S/C24H28N4O2/c1-18-10-7-8-16-27(18)17-9-15-25-23(29)22-20-13-5-6-14-21(20)24(30)28(26-22)19-11-3-2-4-12-19/h2-6,11-14,18H,7-10,15-17H2,1H3,(H,25,29)/p+1/t18-/m0/s1. The molecule has 6 nitrogen and oxygen atoms in total. The number of rotatable bonds is 6. The number of nitrogens with one attached hydrogen (secondary N) is 2. The van der Waals surface area contributed by atoms with Crippen molar-refractivity contribution in [3.8, 4) is 5.69 Å². The first kappa shape index (κ1) is 20.3. The Balaban J connectivity index is 1.53. The highest BCUT2D eigenvalue weighted by atomic mass is 16.2. The molecular formula is C24H29N4O2+. The Hall–Kier alpha value is -2.99. The average Bonchev–Trinajstić information content (AvgIpc) is 2.79. The SMILES string of the molecule is C[C@H]1CCCC[NH+]1CCCNC(=O)c1nn(-c2ccccc2)c(=O)c2ccccc12. The van der Waals surface area contributed by atoms with Crippen molar-refractivity contribution in [3.63, 3.8) is 0 Å². The number of amides is 1. The lowest BCUT2D eigenvalue weighted by Gasteiger charge is -2.30. The van der Waals surface area contributed by atoms with E-state index >= 15 is 0 Å². The van der Waals surface area contributed by atoms with Crippen LogP contribution in [0.15, 0.2) is 59.4 Å². The van der Waals surface area contributed by atoms with Crippen LogP contribution in [0.2, 0.25) is 0 Å². The molecule has 1 unspecified atom stereocenters. The Morgan fingerprint density at radius 1 is 1.10 bits per heavy atom. The predicted molar refractivity (Wildman–Crippen MR) is 118 cm³/mol. The summed E-state index contributed by atoms with van der Waals surface area (Å²) in [4.78, 5) is 27.5. The molecule has 1 aliphatic rings. The number of carbonyl (C=O) groups excluding carboxylic acids is 1. The first-order valence-corrected chi connectivity index (χ1v) is 10.9. The van der Waals surface area contributed by atoms with Crippen molar-refractivity contribution in [1.29, 1.82) is 0 Å². The fourth-order valence-corrected chi connectivity index (χ4v) is 4.33. The first-order chi connectivity index (χ1) is 14.6. The molecule has 0 spiro atoms. The van der Waals surface area contributed by atoms with E-state index in [1.807, 2.05) is 42.5 Å². The zero-order valence-electron chi connectivity index (χ0n) is 17.4. The minimum Gasteiger partial charge on any atom is -0.350 e. The molecule has 1 aromatic heterocycles. The van der Waals surface area contributed by atoms with Gasteiger partial charge in [-0.15, -0.1) is 0 Å². The summed E-state index contributed by atoms with van der Waals surface area (Å²) in [5, 5.41) is 8.53. The van der Waals surface area contributed by atoms with Gasteiger partial charge >= 0.3 is 0 Å². The van der Waals surface area contributed by atoms with Gasteiger partial charge in [0.05, 0.1) is 30.2 Å². The highest BCUT2D eigenvalue weighted by Crippen LogP contribution is 2.15. The van der Waals surface area contributed by atoms with E-state index in [4.69, 9.17) is 0 Å². The molecule has 0 bridgehead atoms. The molecule has 3 aromatic rings. The summed E-state index contributed by atoms with van der Waals surface area (Å²) in [6.07, 6.45) is 4.85. The molecule has 30 heavy (non-hydrogen) atoms. The topological polar surface area (TPSA) is 68.4 Å². The van der Waals surface area contributed by atoms with Gasteiger partial charge in [-0.05, 0) is 44.4 Å². The number of carbonyl (C=O) groups is 1. The van der Waals surface area contributed by atoms with E-state index in [0.717, 1.165) is 13.0 Å². The van der Waals surface area contributed by atoms with Crippen LogP contribution in [0.3, 0.4) is 0 Å². The lowest BCUT2D eigenvalue weighted by molar-refractivity contribution is -0.928. The second kappa shape index (κ2) is 9.22. The fraction of sp³-hybridized carbons (Fsp3) is 0.375. The smallest absolute Gasteiger partial charge is 0.279 e. The minimum atomic E-state index is -0.238. The third-order valence-corrected chi connectivity index (χ3v) is 6.06. The molecule has 1 aliphatic heterocycles. The highest BCUT2D eigenvalue weighted by Gasteiger charge is 2.21. The number of benzene rings is 2. The number of hydrogen-bond acceptors (Lipinski definition) is 3. The molecule has 0 radical (unpaired) electrons. The predicted octanol–water partition coefficient (Wildman–Crippen LogP) is 1.96. The summed E-state index contributed by atoms with van der Waals surface area (Å²) in [6.45, 7) is 5.22. The molecular weight excluding hydrogens is 376 g/mol. The van der Waals surface area contributed by atoms with Crippen LogP contribution < -0.4 is 15.8 Å². The molecule has 0 aliphatic carbocycles. The van der Waals surface area contributed by atoms with Crippen LogP contribution in [0, 0.1) is 0 Å². The number of hydrogen-bond donors (Lipinski definition) is 2. The van der Waals surface area contributed by atoms with Crippen LogP contribution >= 0.6 is 0 Å². The number of nitrogens with zero attached hydrogens (tertiary/aromatic N) is 2. The van der Waals surface area contributed by atoms with E-state index in [2.05, 4.69) is 17.3 Å². The largest absolute Gasteiger partial charge is 0.350 e. The Labute approximate surface area is 176 Å². The molecule has 2 N–H and O–H groups in total. The van der Waals surface area contributed by atoms with Gasteiger partial charge < -0.3 is 10.2 Å². The Morgan fingerprint density at radius 3 is 2.60 bits per heavy atom. The van der Waals surface area contributed by atoms with E-state index in [1.165, 1.54) is 30.5 Å². The van der Waals surface area contributed by atoms with Crippen LogP contribution in [0.1, 0.15) is 43.1 Å². The number of aromatic nitrogens is 2. The molecule has 6 heteroatoms. The van der Waals surface area contributed by atoms with E-state index in [0.29, 0.717) is 29.0 Å². The molecule has 1 fully saturated rings. The van der Waals surface area contributed by atoms with Gasteiger partial charge in [-0.25, -0.2) is 0 Å². The third kappa shape index (κ3) is 4.28. The maximum absolute atomic E-state index is 13.0. The summed E-state index contributed by atoms with van der Waals surface area (Å²) in [5.41, 5.74) is 0.703. The van der Waals surface area contributed by atoms with Crippen molar-refractivity contribution >= 4 is 16.7 Å². The summed E-state index contributed by atoms with van der Waals surface area (Å²) < 4.78 is 1.32. The second-order valence-corrected chi connectivity index (χ2v) is 8.11. The summed E-state index contributed by atoms with van der Waals surface area (Å²) in [7, 11) is 0. The van der Waals surface area contributed by atoms with Gasteiger partial charge in [0.1, 0.15) is 0 Å². The summed E-state index contributed by atoms with van der Waals surface area (Å²) in [5.74, 6) is -0.238. The molecule has 0 saturated carbocycles. The van der Waals surface area contributed by atoms with E-state index in [9.17, 15) is 9.59 Å². The van der Waals surface area contributed by atoms with Crippen molar-refractivity contribution in [2.75, 3.05) is 19.6 Å². The Morgan fingerprint density at radius 2 is 1.83 bits per heavy atom. The van der Waals surface area contributed by atoms with Crippen LogP contribution in [-0.2, 0) is 0 Å². The van der Waals surface area contributed by atoms with E-state index < -0.39 is 0 Å². The van der Waals surface area contributed by atoms with Crippen molar-refractivity contribution in [3.05, 3.63) is 70.6 Å². The van der Waals surface area contributed by atoms with Crippen molar-refractivity contribution in [2.24, 2.45) is 0 Å². The molecule has 1 amide bonds. The maximum atomic E-state index is 13.0. The van der Waals surface area contributed by atoms with E-state index in [1.54, 1.807) is 17.0 Å². The number of likely N-dealkylation sites (tertiary alicyclic amines) is 1. The van der Waals surface area contributed by atoms with Gasteiger partial charge in [-0.2, -0.15) is 9.78 Å². The zero-order chi connectivity index (χ0) is 20.9. The highest BCUT2D eigenvalue weighted by molar-refractivity contribution is 6.04. The lowest BCUT2D eigenvalue weighted by atomic mass is 10.0. The van der Waals surface area contributed by atoms with E-state index in [-0.39, 0.29) is 17.2 Å². The molecule has 2 heterocycles. The lowest BCUT2D eigenvalue weighted by Crippen LogP contribution is -3.16. The summed E-state index contributed by atoms with van der Waals surface area (Å²) >= 11 is 0. The summed E-state index contributed by atoms with van der Waals surface area (Å²) in [6, 6.07) is 17.1. The molecule has 1 saturated heterocycles. The number of fused-ring (bicyclic) bond motifs is 1.